The molecule has 8 heteroatoms. The van der Waals surface area contributed by atoms with Crippen molar-refractivity contribution in [3.05, 3.63) is 64.4 Å². The number of carbonyl (C=O) groups excluding carboxylic acids is 1. The van der Waals surface area contributed by atoms with Gasteiger partial charge in [-0.2, -0.15) is 0 Å². The SMILES string of the molecule is CC/C(=C\C=C(/C)C(C)(C)O)Nc1sc(-c2c(F)cc(C(C)(C)O)cc2F)cc1C(N)=O. The van der Waals surface area contributed by atoms with Gasteiger partial charge in [0.2, 0.25) is 0 Å². The van der Waals surface area contributed by atoms with Crippen LogP contribution in [0, 0.1) is 11.6 Å². The van der Waals surface area contributed by atoms with Gasteiger partial charge in [-0.3, -0.25) is 4.79 Å². The summed E-state index contributed by atoms with van der Waals surface area (Å²) in [5.74, 6) is -2.43. The Kier molecular flexibility index (Phi) is 7.65. The van der Waals surface area contributed by atoms with Crippen molar-refractivity contribution in [1.29, 1.82) is 0 Å². The third-order valence-corrected chi connectivity index (χ3v) is 6.22. The quantitative estimate of drug-likeness (QED) is 0.391. The van der Waals surface area contributed by atoms with E-state index in [-0.39, 0.29) is 21.6 Å². The van der Waals surface area contributed by atoms with E-state index in [9.17, 15) is 23.8 Å². The van der Waals surface area contributed by atoms with Crippen molar-refractivity contribution in [2.45, 2.75) is 59.2 Å². The zero-order chi connectivity index (χ0) is 24.4. The number of halogens is 2. The van der Waals surface area contributed by atoms with E-state index >= 15 is 0 Å². The van der Waals surface area contributed by atoms with Crippen molar-refractivity contribution in [3.8, 4) is 10.4 Å². The first-order chi connectivity index (χ1) is 14.6. The lowest BCUT2D eigenvalue weighted by molar-refractivity contribution is 0.0778. The summed E-state index contributed by atoms with van der Waals surface area (Å²) in [6, 6.07) is 3.51. The predicted octanol–water partition coefficient (Wildman–Crippen LogP) is 5.44. The number of allylic oxidation sites excluding steroid dienone is 3. The first kappa shape index (κ1) is 25.7. The first-order valence-corrected chi connectivity index (χ1v) is 11.0. The van der Waals surface area contributed by atoms with Crippen LogP contribution in [0.1, 0.15) is 63.9 Å². The van der Waals surface area contributed by atoms with E-state index in [1.165, 1.54) is 19.9 Å². The van der Waals surface area contributed by atoms with Gasteiger partial charge in [-0.1, -0.05) is 13.0 Å². The summed E-state index contributed by atoms with van der Waals surface area (Å²) in [6.45, 7) is 9.92. The smallest absolute Gasteiger partial charge is 0.251 e. The molecule has 32 heavy (non-hydrogen) atoms. The molecule has 1 aromatic heterocycles. The number of benzene rings is 1. The Balaban J connectivity index is 2.51. The van der Waals surface area contributed by atoms with Crippen LogP contribution in [0.4, 0.5) is 13.8 Å². The topological polar surface area (TPSA) is 95.6 Å². The van der Waals surface area contributed by atoms with Gasteiger partial charge >= 0.3 is 0 Å². The van der Waals surface area contributed by atoms with Crippen LogP contribution in [0.2, 0.25) is 0 Å². The van der Waals surface area contributed by atoms with Gasteiger partial charge in [0, 0.05) is 10.6 Å². The maximum atomic E-state index is 14.8. The standard InChI is InChI=1S/C24H30F2N2O3S/c1-7-15(9-8-13(2)23(3,4)30)28-22-16(21(27)29)12-19(32-22)20-17(25)10-14(11-18(20)26)24(5,6)31/h8-12,28,30-31H,7H2,1-6H3,(H2,27,29)/b13-8+,15-9+. The van der Waals surface area contributed by atoms with E-state index < -0.39 is 28.7 Å². The number of carbonyl (C=O) groups is 1. The normalized spacial score (nSPS) is 13.4. The molecule has 0 fully saturated rings. The zero-order valence-electron chi connectivity index (χ0n) is 19.1. The molecule has 0 spiro atoms. The molecule has 1 heterocycles. The van der Waals surface area contributed by atoms with E-state index in [4.69, 9.17) is 5.73 Å². The van der Waals surface area contributed by atoms with Crippen LogP contribution in [0.15, 0.2) is 41.6 Å². The second-order valence-corrected chi connectivity index (χ2v) is 9.72. The summed E-state index contributed by atoms with van der Waals surface area (Å²) in [5.41, 5.74) is 4.50. The minimum Gasteiger partial charge on any atom is -0.386 e. The van der Waals surface area contributed by atoms with Crippen LogP contribution >= 0.6 is 11.3 Å². The van der Waals surface area contributed by atoms with Crippen molar-refractivity contribution >= 4 is 22.2 Å². The van der Waals surface area contributed by atoms with E-state index in [1.807, 2.05) is 6.92 Å². The fraction of sp³-hybridized carbons (Fsp3) is 0.375. The summed E-state index contributed by atoms with van der Waals surface area (Å²) < 4.78 is 29.6. The highest BCUT2D eigenvalue weighted by atomic mass is 32.1. The monoisotopic (exact) mass is 464 g/mol. The zero-order valence-corrected chi connectivity index (χ0v) is 20.0. The van der Waals surface area contributed by atoms with Gasteiger partial charge in [-0.25, -0.2) is 8.78 Å². The van der Waals surface area contributed by atoms with E-state index in [1.54, 1.807) is 32.9 Å². The van der Waals surface area contributed by atoms with Crippen LogP contribution in [0.3, 0.4) is 0 Å². The van der Waals surface area contributed by atoms with Crippen molar-refractivity contribution in [2.75, 3.05) is 5.32 Å². The lowest BCUT2D eigenvalue weighted by Gasteiger charge is -2.18. The molecule has 2 rings (SSSR count). The number of hydrogen-bond donors (Lipinski definition) is 4. The maximum Gasteiger partial charge on any atom is 0.251 e. The molecule has 0 bridgehead atoms. The largest absolute Gasteiger partial charge is 0.386 e. The minimum atomic E-state index is -1.41. The van der Waals surface area contributed by atoms with Crippen LogP contribution < -0.4 is 11.1 Å². The lowest BCUT2D eigenvalue weighted by Crippen LogP contribution is -2.19. The van der Waals surface area contributed by atoms with Gasteiger partial charge < -0.3 is 21.3 Å². The second-order valence-electron chi connectivity index (χ2n) is 8.67. The Hall–Kier alpha value is -2.55. The molecule has 0 radical (unpaired) electrons. The van der Waals surface area contributed by atoms with Crippen LogP contribution in [0.5, 0.6) is 0 Å². The molecule has 2 aromatic rings. The first-order valence-electron chi connectivity index (χ1n) is 10.2. The average Bonchev–Trinajstić information content (AvgIpc) is 3.06. The molecule has 1 aromatic carbocycles. The number of amides is 1. The highest BCUT2D eigenvalue weighted by Gasteiger charge is 2.24. The van der Waals surface area contributed by atoms with Crippen molar-refractivity contribution in [2.24, 2.45) is 5.73 Å². The number of hydrogen-bond acceptors (Lipinski definition) is 5. The molecule has 0 aliphatic heterocycles. The van der Waals surface area contributed by atoms with Crippen molar-refractivity contribution < 1.29 is 23.8 Å². The van der Waals surface area contributed by atoms with Gasteiger partial charge in [0.15, 0.2) is 0 Å². The van der Waals surface area contributed by atoms with Crippen LogP contribution in [-0.2, 0) is 5.60 Å². The highest BCUT2D eigenvalue weighted by molar-refractivity contribution is 7.19. The highest BCUT2D eigenvalue weighted by Crippen LogP contribution is 2.39. The van der Waals surface area contributed by atoms with Gasteiger partial charge in [-0.05, 0) is 76.5 Å². The average molecular weight is 465 g/mol. The lowest BCUT2D eigenvalue weighted by atomic mass is 9.96. The summed E-state index contributed by atoms with van der Waals surface area (Å²) >= 11 is 1.00. The summed E-state index contributed by atoms with van der Waals surface area (Å²) in [4.78, 5) is 12.2. The van der Waals surface area contributed by atoms with Crippen LogP contribution in [-0.4, -0.2) is 21.7 Å². The number of thiophene rings is 1. The molecule has 0 aliphatic carbocycles. The Morgan fingerprint density at radius 2 is 1.69 bits per heavy atom. The molecule has 174 valence electrons. The van der Waals surface area contributed by atoms with Crippen LogP contribution in [0.25, 0.3) is 10.4 Å². The molecular formula is C24H30F2N2O3S. The predicted molar refractivity (Wildman–Crippen MR) is 125 cm³/mol. The molecule has 0 saturated heterocycles. The third-order valence-electron chi connectivity index (χ3n) is 5.15. The maximum absolute atomic E-state index is 14.8. The second kappa shape index (κ2) is 9.52. The fourth-order valence-electron chi connectivity index (χ4n) is 2.78. The molecule has 0 atom stereocenters. The van der Waals surface area contributed by atoms with Crippen molar-refractivity contribution in [1.82, 2.24) is 0 Å². The Morgan fingerprint density at radius 3 is 2.12 bits per heavy atom. The number of anilines is 1. The number of nitrogens with two attached hydrogens (primary N) is 1. The summed E-state index contributed by atoms with van der Waals surface area (Å²) in [5, 5.41) is 23.6. The Morgan fingerprint density at radius 1 is 1.12 bits per heavy atom. The van der Waals surface area contributed by atoms with Gasteiger partial charge in [0.05, 0.1) is 22.3 Å². The van der Waals surface area contributed by atoms with Crippen molar-refractivity contribution in [3.63, 3.8) is 0 Å². The number of primary amides is 1. The molecule has 0 saturated carbocycles. The van der Waals surface area contributed by atoms with E-state index in [2.05, 4.69) is 5.32 Å². The molecule has 5 nitrogen and oxygen atoms in total. The Bertz CT molecular complexity index is 1050. The molecular weight excluding hydrogens is 434 g/mol. The van der Waals surface area contributed by atoms with Gasteiger partial charge in [0.25, 0.3) is 5.91 Å². The number of nitrogens with one attached hydrogen (secondary N) is 1. The third kappa shape index (κ3) is 6.03. The molecule has 0 aliphatic rings. The van der Waals surface area contributed by atoms with E-state index in [0.717, 1.165) is 34.7 Å². The number of aliphatic hydroxyl groups is 2. The van der Waals surface area contributed by atoms with Gasteiger partial charge in [0.1, 0.15) is 16.6 Å². The molecule has 5 N–H and O–H groups in total. The number of rotatable bonds is 8. The summed E-state index contributed by atoms with van der Waals surface area (Å²) in [6.07, 6.45) is 4.11. The Labute approximate surface area is 191 Å². The van der Waals surface area contributed by atoms with Gasteiger partial charge in [-0.15, -0.1) is 11.3 Å². The fourth-order valence-corrected chi connectivity index (χ4v) is 3.92. The molecule has 1 amide bonds. The van der Waals surface area contributed by atoms with E-state index in [0.29, 0.717) is 11.4 Å². The molecule has 0 unspecified atom stereocenters. The summed E-state index contributed by atoms with van der Waals surface area (Å²) in [7, 11) is 0. The minimum absolute atomic E-state index is 0.103.